The highest BCUT2D eigenvalue weighted by Gasteiger charge is 2.24. The number of nitrogens with zero attached hydrogens (tertiary/aromatic N) is 3. The number of para-hydroxylation sites is 1. The molecule has 14 heavy (non-hydrogen) atoms. The Balaban J connectivity index is 2.01. The fourth-order valence-electron chi connectivity index (χ4n) is 1.39. The van der Waals surface area contributed by atoms with Crippen molar-refractivity contribution in [3.8, 4) is 0 Å². The summed E-state index contributed by atoms with van der Waals surface area (Å²) in [5, 5.41) is 8.14. The summed E-state index contributed by atoms with van der Waals surface area (Å²) in [7, 11) is 0. The maximum absolute atomic E-state index is 5.12. The second kappa shape index (κ2) is 2.99. The Kier molecular flexibility index (Phi) is 1.67. The molecule has 4 nitrogen and oxygen atoms in total. The Bertz CT molecular complexity index is 468. The molecule has 0 bridgehead atoms. The Labute approximate surface area is 80.9 Å². The molecule has 0 spiro atoms. The highest BCUT2D eigenvalue weighted by molar-refractivity contribution is 5.72. The number of ether oxygens (including phenoxy) is 1. The first-order valence-electron chi connectivity index (χ1n) is 4.62. The Hall–Kier alpha value is -1.55. The van der Waals surface area contributed by atoms with Crippen LogP contribution in [0.1, 0.15) is 5.82 Å². The minimum absolute atomic E-state index is 0.318. The van der Waals surface area contributed by atoms with E-state index in [1.165, 1.54) is 0 Å². The summed E-state index contributed by atoms with van der Waals surface area (Å²) in [5.41, 5.74) is 1.74. The molecule has 1 atom stereocenters. The first-order chi connectivity index (χ1) is 6.92. The zero-order valence-electron chi connectivity index (χ0n) is 7.55. The van der Waals surface area contributed by atoms with Crippen LogP contribution in [-0.4, -0.2) is 27.9 Å². The molecule has 2 heterocycles. The summed E-state index contributed by atoms with van der Waals surface area (Å²) >= 11 is 0. The molecular weight excluding hydrogens is 178 g/mol. The van der Waals surface area contributed by atoms with Crippen molar-refractivity contribution in [3.63, 3.8) is 0 Å². The van der Waals surface area contributed by atoms with Crippen molar-refractivity contribution in [2.75, 3.05) is 6.61 Å². The molecule has 1 fully saturated rings. The Morgan fingerprint density at radius 1 is 1.21 bits per heavy atom. The first-order valence-corrected chi connectivity index (χ1v) is 4.62. The van der Waals surface area contributed by atoms with Gasteiger partial charge in [-0.25, -0.2) is 4.98 Å². The van der Waals surface area contributed by atoms with Crippen LogP contribution in [0.25, 0.3) is 11.0 Å². The van der Waals surface area contributed by atoms with E-state index < -0.39 is 0 Å². The molecular formula is C10H9N3O. The van der Waals surface area contributed by atoms with E-state index in [2.05, 4.69) is 15.2 Å². The smallest absolute Gasteiger partial charge is 0.154 e. The number of hydrogen-bond donors (Lipinski definition) is 0. The lowest BCUT2D eigenvalue weighted by Crippen LogP contribution is -2.02. The molecule has 4 heteroatoms. The highest BCUT2D eigenvalue weighted by atomic mass is 16.6. The quantitative estimate of drug-likeness (QED) is 0.657. The van der Waals surface area contributed by atoms with Crippen molar-refractivity contribution in [3.05, 3.63) is 30.1 Å². The normalized spacial score (nSPS) is 19.9. The molecule has 1 aliphatic heterocycles. The molecule has 0 amide bonds. The maximum Gasteiger partial charge on any atom is 0.154 e. The van der Waals surface area contributed by atoms with Gasteiger partial charge in [-0.2, -0.15) is 0 Å². The SMILES string of the molecule is c1ccc2nc(CC3CO3)nnc2c1. The number of epoxide rings is 1. The lowest BCUT2D eigenvalue weighted by atomic mass is 10.3. The molecule has 1 saturated heterocycles. The van der Waals surface area contributed by atoms with E-state index in [-0.39, 0.29) is 0 Å². The molecule has 1 aromatic heterocycles. The molecule has 1 aromatic carbocycles. The van der Waals surface area contributed by atoms with Crippen molar-refractivity contribution in [2.45, 2.75) is 12.5 Å². The molecule has 0 N–H and O–H groups in total. The van der Waals surface area contributed by atoms with Gasteiger partial charge in [0, 0.05) is 6.42 Å². The van der Waals surface area contributed by atoms with Crippen molar-refractivity contribution in [1.82, 2.24) is 15.2 Å². The third-order valence-corrected chi connectivity index (χ3v) is 2.22. The van der Waals surface area contributed by atoms with E-state index in [0.717, 1.165) is 29.9 Å². The predicted molar refractivity (Wildman–Crippen MR) is 50.8 cm³/mol. The zero-order valence-corrected chi connectivity index (χ0v) is 7.55. The average molecular weight is 187 g/mol. The third-order valence-electron chi connectivity index (χ3n) is 2.22. The fraction of sp³-hybridized carbons (Fsp3) is 0.300. The molecule has 3 rings (SSSR count). The maximum atomic E-state index is 5.12. The summed E-state index contributed by atoms with van der Waals surface area (Å²) in [6, 6.07) is 7.74. The van der Waals surface area contributed by atoms with Gasteiger partial charge in [-0.15, -0.1) is 10.2 Å². The third kappa shape index (κ3) is 1.44. The molecule has 70 valence electrons. The van der Waals surface area contributed by atoms with E-state index in [0.29, 0.717) is 6.10 Å². The molecule has 0 radical (unpaired) electrons. The summed E-state index contributed by atoms with van der Waals surface area (Å²) in [4.78, 5) is 4.40. The van der Waals surface area contributed by atoms with Crippen molar-refractivity contribution >= 4 is 11.0 Å². The predicted octanol–water partition coefficient (Wildman–Crippen LogP) is 0.966. The molecule has 1 aliphatic rings. The van der Waals surface area contributed by atoms with E-state index in [1.807, 2.05) is 24.3 Å². The van der Waals surface area contributed by atoms with E-state index >= 15 is 0 Å². The number of rotatable bonds is 2. The minimum atomic E-state index is 0.318. The standard InChI is InChI=1S/C10H9N3O/c1-2-4-9-8(3-1)11-10(13-12-9)5-7-6-14-7/h1-4,7H,5-6H2. The van der Waals surface area contributed by atoms with Crippen LogP contribution in [0.5, 0.6) is 0 Å². The minimum Gasteiger partial charge on any atom is -0.373 e. The topological polar surface area (TPSA) is 51.2 Å². The van der Waals surface area contributed by atoms with Crippen LogP contribution in [-0.2, 0) is 11.2 Å². The second-order valence-corrected chi connectivity index (χ2v) is 3.38. The number of fused-ring (bicyclic) bond motifs is 1. The second-order valence-electron chi connectivity index (χ2n) is 3.38. The van der Waals surface area contributed by atoms with E-state index in [4.69, 9.17) is 4.74 Å². The zero-order chi connectivity index (χ0) is 9.38. The highest BCUT2D eigenvalue weighted by Crippen LogP contribution is 2.14. The van der Waals surface area contributed by atoms with Crippen molar-refractivity contribution in [1.29, 1.82) is 0 Å². The van der Waals surface area contributed by atoms with E-state index in [1.54, 1.807) is 0 Å². The van der Waals surface area contributed by atoms with Crippen molar-refractivity contribution < 1.29 is 4.74 Å². The van der Waals surface area contributed by atoms with Crippen LogP contribution in [0.4, 0.5) is 0 Å². The van der Waals surface area contributed by atoms with E-state index in [9.17, 15) is 0 Å². The van der Waals surface area contributed by atoms with Gasteiger partial charge in [-0.1, -0.05) is 12.1 Å². The first kappa shape index (κ1) is 7.82. The van der Waals surface area contributed by atoms with Crippen LogP contribution in [0.3, 0.4) is 0 Å². The van der Waals surface area contributed by atoms with Gasteiger partial charge in [0.25, 0.3) is 0 Å². The van der Waals surface area contributed by atoms with Gasteiger partial charge < -0.3 is 4.74 Å². The summed E-state index contributed by atoms with van der Waals surface area (Å²) in [5.74, 6) is 0.770. The van der Waals surface area contributed by atoms with Crippen LogP contribution in [0, 0.1) is 0 Å². The molecule has 0 saturated carbocycles. The Morgan fingerprint density at radius 2 is 2.00 bits per heavy atom. The van der Waals surface area contributed by atoms with Gasteiger partial charge in [0.15, 0.2) is 5.82 Å². The molecule has 0 aliphatic carbocycles. The number of aromatic nitrogens is 3. The monoisotopic (exact) mass is 187 g/mol. The number of benzene rings is 1. The van der Waals surface area contributed by atoms with Gasteiger partial charge >= 0.3 is 0 Å². The largest absolute Gasteiger partial charge is 0.373 e. The molecule has 1 unspecified atom stereocenters. The lowest BCUT2D eigenvalue weighted by molar-refractivity contribution is 0.404. The van der Waals surface area contributed by atoms with Crippen LogP contribution in [0.2, 0.25) is 0 Å². The van der Waals surface area contributed by atoms with Crippen LogP contribution in [0.15, 0.2) is 24.3 Å². The average Bonchev–Trinajstić information content (AvgIpc) is 3.02. The fourth-order valence-corrected chi connectivity index (χ4v) is 1.39. The van der Waals surface area contributed by atoms with Gasteiger partial charge in [0.2, 0.25) is 0 Å². The molecule has 2 aromatic rings. The van der Waals surface area contributed by atoms with Gasteiger partial charge in [0.05, 0.1) is 18.2 Å². The van der Waals surface area contributed by atoms with Crippen LogP contribution >= 0.6 is 0 Å². The Morgan fingerprint density at radius 3 is 2.79 bits per heavy atom. The van der Waals surface area contributed by atoms with Gasteiger partial charge in [-0.3, -0.25) is 0 Å². The summed E-state index contributed by atoms with van der Waals surface area (Å²) in [6.07, 6.45) is 1.09. The van der Waals surface area contributed by atoms with Crippen LogP contribution < -0.4 is 0 Å². The van der Waals surface area contributed by atoms with Gasteiger partial charge in [-0.05, 0) is 12.1 Å². The lowest BCUT2D eigenvalue weighted by Gasteiger charge is -1.97. The van der Waals surface area contributed by atoms with Crippen molar-refractivity contribution in [2.24, 2.45) is 0 Å². The number of hydrogen-bond acceptors (Lipinski definition) is 4. The summed E-state index contributed by atoms with van der Waals surface area (Å²) in [6.45, 7) is 0.830. The van der Waals surface area contributed by atoms with Gasteiger partial charge in [0.1, 0.15) is 5.52 Å². The summed E-state index contributed by atoms with van der Waals surface area (Å²) < 4.78 is 5.12.